The zero-order chi connectivity index (χ0) is 15.5. The lowest BCUT2D eigenvalue weighted by atomic mass is 10.2. The van der Waals surface area contributed by atoms with Gasteiger partial charge in [-0.25, -0.2) is 4.98 Å². The van der Waals surface area contributed by atoms with E-state index in [1.165, 1.54) is 6.33 Å². The summed E-state index contributed by atoms with van der Waals surface area (Å²) in [5.74, 6) is -0.425. The highest BCUT2D eigenvalue weighted by molar-refractivity contribution is 6.33. The first-order chi connectivity index (χ1) is 9.86. The van der Waals surface area contributed by atoms with Crippen LogP contribution in [0.25, 0.3) is 0 Å². The number of anilines is 1. The summed E-state index contributed by atoms with van der Waals surface area (Å²) in [6, 6.07) is 2.79. The number of hydrogen-bond donors (Lipinski definition) is 2. The molecule has 1 aromatic carbocycles. The monoisotopic (exact) mass is 317 g/mol. The minimum Gasteiger partial charge on any atom is -0.348 e. The Hall–Kier alpha value is -2.02. The highest BCUT2D eigenvalue weighted by atomic mass is 35.5. The summed E-state index contributed by atoms with van der Waals surface area (Å²) in [4.78, 5) is 18.4. The van der Waals surface area contributed by atoms with Crippen LogP contribution >= 0.6 is 11.6 Å². The third kappa shape index (κ3) is 4.22. The number of H-pyrrole nitrogens is 1. The van der Waals surface area contributed by atoms with Crippen LogP contribution in [-0.4, -0.2) is 15.9 Å². The van der Waals surface area contributed by atoms with E-state index < -0.39 is 17.6 Å². The largest absolute Gasteiger partial charge is 0.416 e. The minimum atomic E-state index is -4.49. The fourth-order valence-corrected chi connectivity index (χ4v) is 1.84. The zero-order valence-corrected chi connectivity index (χ0v) is 11.4. The van der Waals surface area contributed by atoms with Crippen LogP contribution in [0.1, 0.15) is 17.7 Å². The van der Waals surface area contributed by atoms with Crippen molar-refractivity contribution in [1.29, 1.82) is 0 Å². The molecule has 2 aromatic rings. The lowest BCUT2D eigenvalue weighted by molar-refractivity contribution is -0.137. The van der Waals surface area contributed by atoms with Gasteiger partial charge in [0, 0.05) is 18.3 Å². The zero-order valence-electron chi connectivity index (χ0n) is 10.7. The van der Waals surface area contributed by atoms with Gasteiger partial charge in [-0.2, -0.15) is 13.2 Å². The molecule has 1 aromatic heterocycles. The topological polar surface area (TPSA) is 57.8 Å². The molecule has 4 nitrogen and oxygen atoms in total. The third-order valence-electron chi connectivity index (χ3n) is 2.74. The Bertz CT molecular complexity index is 626. The van der Waals surface area contributed by atoms with Gasteiger partial charge in [0.2, 0.25) is 5.91 Å². The lowest BCUT2D eigenvalue weighted by Gasteiger charge is -2.11. The number of hydrogen-bond acceptors (Lipinski definition) is 2. The van der Waals surface area contributed by atoms with Gasteiger partial charge in [0.1, 0.15) is 0 Å². The maximum absolute atomic E-state index is 12.6. The number of aromatic amines is 1. The molecule has 0 spiro atoms. The van der Waals surface area contributed by atoms with Gasteiger partial charge in [-0.05, 0) is 24.6 Å². The SMILES string of the molecule is O=C(CCc1cnc[nH]1)Nc1cc(C(F)(F)F)ccc1Cl. The molecule has 2 N–H and O–H groups in total. The first-order valence-electron chi connectivity index (χ1n) is 6.00. The number of alkyl halides is 3. The number of rotatable bonds is 4. The summed E-state index contributed by atoms with van der Waals surface area (Å²) in [6.45, 7) is 0. The standard InChI is InChI=1S/C13H11ClF3N3O/c14-10-3-1-8(13(15,16)17)5-11(10)20-12(21)4-2-9-6-18-7-19-9/h1,3,5-7H,2,4H2,(H,18,19)(H,20,21). The van der Waals surface area contributed by atoms with Gasteiger partial charge < -0.3 is 10.3 Å². The Balaban J connectivity index is 2.03. The van der Waals surface area contributed by atoms with Crippen LogP contribution in [0.4, 0.5) is 18.9 Å². The van der Waals surface area contributed by atoms with Crippen molar-refractivity contribution in [3.8, 4) is 0 Å². The van der Waals surface area contributed by atoms with Crippen molar-refractivity contribution in [1.82, 2.24) is 9.97 Å². The molecule has 0 bridgehead atoms. The van der Waals surface area contributed by atoms with E-state index in [9.17, 15) is 18.0 Å². The molecule has 0 aliphatic carbocycles. The van der Waals surface area contributed by atoms with Gasteiger partial charge in [0.15, 0.2) is 0 Å². The molecule has 0 saturated carbocycles. The number of halogens is 4. The van der Waals surface area contributed by atoms with Crippen molar-refractivity contribution in [3.05, 3.63) is 47.0 Å². The molecule has 0 saturated heterocycles. The molecule has 1 amide bonds. The minimum absolute atomic E-state index is 0.0536. The molecule has 0 unspecified atom stereocenters. The number of benzene rings is 1. The normalized spacial score (nSPS) is 11.4. The molecule has 21 heavy (non-hydrogen) atoms. The van der Waals surface area contributed by atoms with Crippen LogP contribution in [0.3, 0.4) is 0 Å². The summed E-state index contributed by atoms with van der Waals surface area (Å²) in [5, 5.41) is 2.43. The number of imidazole rings is 1. The van der Waals surface area contributed by atoms with Crippen LogP contribution in [0.15, 0.2) is 30.7 Å². The van der Waals surface area contributed by atoms with Crippen LogP contribution in [0, 0.1) is 0 Å². The smallest absolute Gasteiger partial charge is 0.348 e. The average Bonchev–Trinajstić information content (AvgIpc) is 2.91. The van der Waals surface area contributed by atoms with E-state index in [4.69, 9.17) is 11.6 Å². The van der Waals surface area contributed by atoms with Gasteiger partial charge >= 0.3 is 6.18 Å². The Labute approximate surface area is 123 Å². The van der Waals surface area contributed by atoms with Gasteiger partial charge in [0.05, 0.1) is 22.6 Å². The van der Waals surface area contributed by atoms with E-state index >= 15 is 0 Å². The molecule has 0 fully saturated rings. The maximum Gasteiger partial charge on any atom is 0.416 e. The van der Waals surface area contributed by atoms with Gasteiger partial charge in [-0.1, -0.05) is 11.6 Å². The van der Waals surface area contributed by atoms with Crippen LogP contribution in [0.5, 0.6) is 0 Å². The van der Waals surface area contributed by atoms with Crippen molar-refractivity contribution in [2.75, 3.05) is 5.32 Å². The number of nitrogens with one attached hydrogen (secondary N) is 2. The molecule has 0 aliphatic heterocycles. The maximum atomic E-state index is 12.6. The molecule has 1 heterocycles. The Kier molecular flexibility index (Phi) is 4.52. The number of carbonyl (C=O) groups is 1. The molecular formula is C13H11ClF3N3O. The summed E-state index contributed by atoms with van der Waals surface area (Å²) in [5.41, 5.74) is -0.155. The fourth-order valence-electron chi connectivity index (χ4n) is 1.68. The molecule has 112 valence electrons. The quantitative estimate of drug-likeness (QED) is 0.904. The summed E-state index contributed by atoms with van der Waals surface area (Å²) in [7, 11) is 0. The van der Waals surface area contributed by atoms with Gasteiger partial charge in [0.25, 0.3) is 0 Å². The molecule has 0 radical (unpaired) electrons. The third-order valence-corrected chi connectivity index (χ3v) is 3.07. The van der Waals surface area contributed by atoms with Crippen molar-refractivity contribution >= 4 is 23.2 Å². The van der Waals surface area contributed by atoms with Crippen molar-refractivity contribution in [2.24, 2.45) is 0 Å². The number of carbonyl (C=O) groups excluding carboxylic acids is 1. The number of aromatic nitrogens is 2. The van der Waals surface area contributed by atoms with E-state index in [0.717, 1.165) is 23.9 Å². The Morgan fingerprint density at radius 1 is 1.38 bits per heavy atom. The highest BCUT2D eigenvalue weighted by Crippen LogP contribution is 2.33. The van der Waals surface area contributed by atoms with E-state index in [2.05, 4.69) is 15.3 Å². The molecular weight excluding hydrogens is 307 g/mol. The molecule has 8 heteroatoms. The average molecular weight is 318 g/mol. The van der Waals surface area contributed by atoms with Crippen LogP contribution < -0.4 is 5.32 Å². The second-order valence-corrected chi connectivity index (χ2v) is 4.72. The van der Waals surface area contributed by atoms with Crippen molar-refractivity contribution < 1.29 is 18.0 Å². The number of amides is 1. The lowest BCUT2D eigenvalue weighted by Crippen LogP contribution is -2.14. The first-order valence-corrected chi connectivity index (χ1v) is 6.38. The van der Waals surface area contributed by atoms with Crippen LogP contribution in [0.2, 0.25) is 5.02 Å². The summed E-state index contributed by atoms with van der Waals surface area (Å²) >= 11 is 5.79. The first kappa shape index (κ1) is 15.4. The molecule has 0 atom stereocenters. The van der Waals surface area contributed by atoms with Gasteiger partial charge in [-0.15, -0.1) is 0 Å². The predicted octanol–water partition coefficient (Wildman–Crippen LogP) is 3.65. The van der Waals surface area contributed by atoms with Crippen LogP contribution in [-0.2, 0) is 17.4 Å². The van der Waals surface area contributed by atoms with E-state index in [1.54, 1.807) is 6.20 Å². The fraction of sp³-hybridized carbons (Fsp3) is 0.231. The van der Waals surface area contributed by atoms with E-state index in [1.807, 2.05) is 0 Å². The summed E-state index contributed by atoms with van der Waals surface area (Å²) < 4.78 is 37.8. The number of nitrogens with zero attached hydrogens (tertiary/aromatic N) is 1. The Morgan fingerprint density at radius 2 is 2.14 bits per heavy atom. The second kappa shape index (κ2) is 6.17. The van der Waals surface area contributed by atoms with E-state index in [-0.39, 0.29) is 17.1 Å². The molecule has 0 aliphatic rings. The number of aryl methyl sites for hydroxylation is 1. The predicted molar refractivity (Wildman–Crippen MR) is 72.0 cm³/mol. The van der Waals surface area contributed by atoms with E-state index in [0.29, 0.717) is 6.42 Å². The molecule has 2 rings (SSSR count). The highest BCUT2D eigenvalue weighted by Gasteiger charge is 2.31. The van der Waals surface area contributed by atoms with Crippen molar-refractivity contribution in [3.63, 3.8) is 0 Å². The summed E-state index contributed by atoms with van der Waals surface area (Å²) in [6.07, 6.45) is -0.918. The van der Waals surface area contributed by atoms with Gasteiger partial charge in [-0.3, -0.25) is 4.79 Å². The second-order valence-electron chi connectivity index (χ2n) is 4.32. The Morgan fingerprint density at radius 3 is 2.76 bits per heavy atom. The van der Waals surface area contributed by atoms with Crippen molar-refractivity contribution in [2.45, 2.75) is 19.0 Å².